The molecule has 5 nitrogen and oxygen atoms in total. The Hall–Kier alpha value is -1.37. The van der Waals surface area contributed by atoms with Gasteiger partial charge in [0, 0.05) is 26.0 Å². The van der Waals surface area contributed by atoms with Gasteiger partial charge in [0.05, 0.1) is 6.26 Å². The highest BCUT2D eigenvalue weighted by molar-refractivity contribution is 7.87. The normalized spacial score (nSPS) is 12.4. The zero-order chi connectivity index (χ0) is 13.2. The van der Waals surface area contributed by atoms with Crippen molar-refractivity contribution in [2.75, 3.05) is 20.6 Å². The van der Waals surface area contributed by atoms with Crippen LogP contribution in [0.4, 0.5) is 0 Å². The fourth-order valence-corrected chi connectivity index (χ4v) is 2.29. The first-order chi connectivity index (χ1) is 8.50. The summed E-state index contributed by atoms with van der Waals surface area (Å²) in [5.74, 6) is 0. The van der Waals surface area contributed by atoms with Crippen LogP contribution >= 0.6 is 0 Å². The van der Waals surface area contributed by atoms with Crippen LogP contribution in [-0.4, -0.2) is 33.4 Å². The molecule has 98 valence electrons. The quantitative estimate of drug-likeness (QED) is 0.891. The molecule has 1 aromatic heterocycles. The van der Waals surface area contributed by atoms with Gasteiger partial charge < -0.3 is 4.42 Å². The third kappa shape index (κ3) is 2.72. The molecule has 0 fully saturated rings. The number of nitrogens with one attached hydrogen (secondary N) is 1. The summed E-state index contributed by atoms with van der Waals surface area (Å²) in [5.41, 5.74) is 1.83. The van der Waals surface area contributed by atoms with Crippen molar-refractivity contribution in [3.05, 3.63) is 36.1 Å². The van der Waals surface area contributed by atoms with Crippen molar-refractivity contribution in [3.63, 3.8) is 0 Å². The second kappa shape index (κ2) is 5.09. The first kappa shape index (κ1) is 13.1. The number of rotatable bonds is 5. The van der Waals surface area contributed by atoms with Gasteiger partial charge in [-0.05, 0) is 18.1 Å². The van der Waals surface area contributed by atoms with Crippen molar-refractivity contribution >= 4 is 21.2 Å². The van der Waals surface area contributed by atoms with Crippen LogP contribution < -0.4 is 4.72 Å². The van der Waals surface area contributed by atoms with Crippen LogP contribution in [0.3, 0.4) is 0 Å². The van der Waals surface area contributed by atoms with Crippen LogP contribution in [0.2, 0.25) is 0 Å². The molecule has 0 bridgehead atoms. The molecule has 1 N–H and O–H groups in total. The van der Waals surface area contributed by atoms with Crippen molar-refractivity contribution in [1.29, 1.82) is 0 Å². The lowest BCUT2D eigenvalue weighted by molar-refractivity contribution is 0.505. The van der Waals surface area contributed by atoms with E-state index in [0.717, 1.165) is 20.8 Å². The second-order valence-corrected chi connectivity index (χ2v) is 6.16. The van der Waals surface area contributed by atoms with E-state index >= 15 is 0 Å². The number of benzene rings is 1. The van der Waals surface area contributed by atoms with E-state index < -0.39 is 10.2 Å². The van der Waals surface area contributed by atoms with Gasteiger partial charge in [-0.15, -0.1) is 0 Å². The first-order valence-electron chi connectivity index (χ1n) is 5.63. The highest BCUT2D eigenvalue weighted by Gasteiger charge is 2.12. The van der Waals surface area contributed by atoms with E-state index in [2.05, 4.69) is 4.72 Å². The van der Waals surface area contributed by atoms with Crippen LogP contribution in [0, 0.1) is 0 Å². The minimum absolute atomic E-state index is 0.351. The van der Waals surface area contributed by atoms with Crippen LogP contribution in [0.25, 0.3) is 11.0 Å². The molecule has 0 saturated heterocycles. The topological polar surface area (TPSA) is 62.6 Å². The number of nitrogens with zero attached hydrogens (tertiary/aromatic N) is 1. The van der Waals surface area contributed by atoms with E-state index in [0.29, 0.717) is 13.0 Å². The number of hydrogen-bond donors (Lipinski definition) is 1. The van der Waals surface area contributed by atoms with Gasteiger partial charge in [-0.2, -0.15) is 12.7 Å². The monoisotopic (exact) mass is 268 g/mol. The fraction of sp³-hybridized carbons (Fsp3) is 0.333. The zero-order valence-corrected chi connectivity index (χ0v) is 11.2. The summed E-state index contributed by atoms with van der Waals surface area (Å²) in [4.78, 5) is 0. The Morgan fingerprint density at radius 3 is 2.72 bits per heavy atom. The Labute approximate surface area is 107 Å². The number of furan rings is 1. The molecule has 0 atom stereocenters. The maximum absolute atomic E-state index is 11.5. The van der Waals surface area contributed by atoms with Gasteiger partial charge in [0.15, 0.2) is 0 Å². The lowest BCUT2D eigenvalue weighted by Gasteiger charge is -2.11. The fourth-order valence-electron chi connectivity index (χ4n) is 1.67. The minimum Gasteiger partial charge on any atom is -0.464 e. The standard InChI is InChI=1S/C12H16N2O3S/c1-14(2)18(15,16)13-8-7-10-9-17-12-6-4-3-5-11(10)12/h3-6,9,13H,7-8H2,1-2H3. The van der Waals surface area contributed by atoms with Gasteiger partial charge in [0.2, 0.25) is 0 Å². The Kier molecular flexibility index (Phi) is 3.70. The molecule has 1 aromatic carbocycles. The SMILES string of the molecule is CN(C)S(=O)(=O)NCCc1coc2ccccc12. The smallest absolute Gasteiger partial charge is 0.278 e. The van der Waals surface area contributed by atoms with Crippen molar-refractivity contribution in [1.82, 2.24) is 9.03 Å². The van der Waals surface area contributed by atoms with Crippen LogP contribution in [-0.2, 0) is 16.6 Å². The van der Waals surface area contributed by atoms with E-state index in [9.17, 15) is 8.42 Å². The third-order valence-electron chi connectivity index (χ3n) is 2.72. The summed E-state index contributed by atoms with van der Waals surface area (Å²) in [6, 6.07) is 7.70. The summed E-state index contributed by atoms with van der Waals surface area (Å²) >= 11 is 0. The van der Waals surface area contributed by atoms with Gasteiger partial charge in [-0.25, -0.2) is 4.72 Å². The van der Waals surface area contributed by atoms with Gasteiger partial charge in [-0.1, -0.05) is 18.2 Å². The van der Waals surface area contributed by atoms with Gasteiger partial charge in [0.25, 0.3) is 10.2 Å². The van der Waals surface area contributed by atoms with Crippen LogP contribution in [0.1, 0.15) is 5.56 Å². The van der Waals surface area contributed by atoms with Gasteiger partial charge in [0.1, 0.15) is 5.58 Å². The average molecular weight is 268 g/mol. The zero-order valence-electron chi connectivity index (χ0n) is 10.4. The summed E-state index contributed by atoms with van der Waals surface area (Å²) < 4.78 is 32.1. The van der Waals surface area contributed by atoms with E-state index in [-0.39, 0.29) is 0 Å². The summed E-state index contributed by atoms with van der Waals surface area (Å²) in [5, 5.41) is 1.03. The lowest BCUT2D eigenvalue weighted by atomic mass is 10.1. The molecule has 0 aliphatic heterocycles. The lowest BCUT2D eigenvalue weighted by Crippen LogP contribution is -2.36. The van der Waals surface area contributed by atoms with E-state index in [4.69, 9.17) is 4.42 Å². The van der Waals surface area contributed by atoms with Crippen LogP contribution in [0.5, 0.6) is 0 Å². The number of fused-ring (bicyclic) bond motifs is 1. The predicted octanol–water partition coefficient (Wildman–Crippen LogP) is 1.37. The van der Waals surface area contributed by atoms with E-state index in [1.807, 2.05) is 24.3 Å². The molecule has 0 saturated carbocycles. The largest absolute Gasteiger partial charge is 0.464 e. The Morgan fingerprint density at radius 2 is 2.00 bits per heavy atom. The highest BCUT2D eigenvalue weighted by atomic mass is 32.2. The molecule has 0 radical (unpaired) electrons. The molecule has 0 aliphatic rings. The van der Waals surface area contributed by atoms with E-state index in [1.165, 1.54) is 14.1 Å². The van der Waals surface area contributed by atoms with Crippen molar-refractivity contribution in [3.8, 4) is 0 Å². The highest BCUT2D eigenvalue weighted by Crippen LogP contribution is 2.20. The maximum atomic E-state index is 11.5. The first-order valence-corrected chi connectivity index (χ1v) is 7.07. The molecule has 2 aromatic rings. The molecule has 18 heavy (non-hydrogen) atoms. The minimum atomic E-state index is -3.35. The van der Waals surface area contributed by atoms with Gasteiger partial charge in [-0.3, -0.25) is 0 Å². The average Bonchev–Trinajstić information content (AvgIpc) is 2.72. The molecule has 6 heteroatoms. The number of para-hydroxylation sites is 1. The third-order valence-corrected chi connectivity index (χ3v) is 4.25. The molecule has 0 spiro atoms. The molecule has 1 heterocycles. The molecule has 0 unspecified atom stereocenters. The van der Waals surface area contributed by atoms with Crippen molar-refractivity contribution in [2.45, 2.75) is 6.42 Å². The van der Waals surface area contributed by atoms with E-state index in [1.54, 1.807) is 6.26 Å². The Bertz CT molecular complexity index is 632. The Morgan fingerprint density at radius 1 is 1.28 bits per heavy atom. The summed E-state index contributed by atoms with van der Waals surface area (Å²) in [7, 11) is -0.361. The summed E-state index contributed by atoms with van der Waals surface area (Å²) in [6.07, 6.45) is 2.28. The van der Waals surface area contributed by atoms with Crippen molar-refractivity contribution < 1.29 is 12.8 Å². The summed E-state index contributed by atoms with van der Waals surface area (Å²) in [6.45, 7) is 0.351. The van der Waals surface area contributed by atoms with Crippen LogP contribution in [0.15, 0.2) is 34.9 Å². The van der Waals surface area contributed by atoms with Gasteiger partial charge >= 0.3 is 0 Å². The van der Waals surface area contributed by atoms with Crippen molar-refractivity contribution in [2.24, 2.45) is 0 Å². The molecular formula is C12H16N2O3S. The Balaban J connectivity index is 2.03. The number of hydrogen-bond acceptors (Lipinski definition) is 3. The second-order valence-electron chi connectivity index (χ2n) is 4.19. The predicted molar refractivity (Wildman–Crippen MR) is 70.5 cm³/mol. The molecule has 0 amide bonds. The molecular weight excluding hydrogens is 252 g/mol. The molecule has 0 aliphatic carbocycles. The molecule has 2 rings (SSSR count). The maximum Gasteiger partial charge on any atom is 0.278 e.